The Balaban J connectivity index is 1.66. The number of rotatable bonds is 4. The lowest BCUT2D eigenvalue weighted by atomic mass is 9.88. The smallest absolute Gasteiger partial charge is 0.214 e. The first-order valence-electron chi connectivity index (χ1n) is 9.32. The van der Waals surface area contributed by atoms with Crippen molar-refractivity contribution in [3.63, 3.8) is 0 Å². The molecule has 4 rings (SSSR count). The molecule has 0 bridgehead atoms. The zero-order valence-electron chi connectivity index (χ0n) is 14.4. The second-order valence-electron chi connectivity index (χ2n) is 7.88. The number of hydrogen-bond donors (Lipinski definition) is 1. The molecule has 0 unspecified atom stereocenters. The number of nitrogens with zero attached hydrogens (tertiary/aromatic N) is 1. The Hall–Kier alpha value is -0.910. The van der Waals surface area contributed by atoms with Crippen molar-refractivity contribution in [3.8, 4) is 0 Å². The highest BCUT2D eigenvalue weighted by atomic mass is 32.2. The van der Waals surface area contributed by atoms with E-state index in [2.05, 4.69) is 24.4 Å². The van der Waals surface area contributed by atoms with Gasteiger partial charge in [0.15, 0.2) is 0 Å². The first-order valence-corrected chi connectivity index (χ1v) is 10.9. The lowest BCUT2D eigenvalue weighted by Crippen LogP contribution is -2.37. The van der Waals surface area contributed by atoms with Gasteiger partial charge in [-0.3, -0.25) is 0 Å². The number of benzene rings is 1. The van der Waals surface area contributed by atoms with Crippen LogP contribution in [0.25, 0.3) is 0 Å². The molecule has 2 saturated heterocycles. The van der Waals surface area contributed by atoms with Gasteiger partial charge in [-0.25, -0.2) is 8.42 Å². The first kappa shape index (κ1) is 16.6. The summed E-state index contributed by atoms with van der Waals surface area (Å²) in [5, 5.41) is 3.47. The van der Waals surface area contributed by atoms with Crippen molar-refractivity contribution in [2.45, 2.75) is 38.6 Å². The number of nitrogens with one attached hydrogen (secondary N) is 1. The number of aryl methyl sites for hydroxylation is 1. The maximum atomic E-state index is 13.2. The van der Waals surface area contributed by atoms with Crippen LogP contribution in [0, 0.1) is 24.7 Å². The Labute approximate surface area is 145 Å². The fraction of sp³-hybridized carbons (Fsp3) is 0.684. The SMILES string of the molecule is Cc1ccccc1[C@@H]1[C@H]2CNC[C@H]2CN1S(=O)(=O)CC1CCCC1. The molecule has 3 aliphatic rings. The van der Waals surface area contributed by atoms with Gasteiger partial charge >= 0.3 is 0 Å². The van der Waals surface area contributed by atoms with Crippen LogP contribution in [0.3, 0.4) is 0 Å². The molecule has 3 atom stereocenters. The zero-order valence-corrected chi connectivity index (χ0v) is 15.3. The van der Waals surface area contributed by atoms with E-state index in [1.807, 2.05) is 16.4 Å². The monoisotopic (exact) mass is 348 g/mol. The van der Waals surface area contributed by atoms with Gasteiger partial charge in [-0.2, -0.15) is 4.31 Å². The molecule has 1 aromatic carbocycles. The van der Waals surface area contributed by atoms with Gasteiger partial charge in [-0.1, -0.05) is 37.1 Å². The maximum Gasteiger partial charge on any atom is 0.214 e. The van der Waals surface area contributed by atoms with E-state index in [1.165, 1.54) is 24.0 Å². The molecule has 1 aliphatic carbocycles. The highest BCUT2D eigenvalue weighted by Crippen LogP contribution is 2.45. The average Bonchev–Trinajstić information content (AvgIpc) is 3.24. The Kier molecular flexibility index (Phi) is 4.43. The topological polar surface area (TPSA) is 49.4 Å². The van der Waals surface area contributed by atoms with E-state index in [1.54, 1.807) is 0 Å². The van der Waals surface area contributed by atoms with Crippen molar-refractivity contribution in [1.29, 1.82) is 0 Å². The number of sulfonamides is 1. The van der Waals surface area contributed by atoms with Crippen LogP contribution in [-0.2, 0) is 10.0 Å². The Bertz CT molecular complexity index is 697. The highest BCUT2D eigenvalue weighted by Gasteiger charge is 2.49. The summed E-state index contributed by atoms with van der Waals surface area (Å²) >= 11 is 0. The third kappa shape index (κ3) is 2.91. The summed E-state index contributed by atoms with van der Waals surface area (Å²) < 4.78 is 28.3. The van der Waals surface area contributed by atoms with Gasteiger partial charge in [0, 0.05) is 13.1 Å². The summed E-state index contributed by atoms with van der Waals surface area (Å²) in [6.07, 6.45) is 4.54. The molecule has 0 spiro atoms. The van der Waals surface area contributed by atoms with Crippen LogP contribution in [0.4, 0.5) is 0 Å². The molecule has 2 heterocycles. The van der Waals surface area contributed by atoms with Crippen molar-refractivity contribution in [3.05, 3.63) is 35.4 Å². The zero-order chi connectivity index (χ0) is 16.7. The lowest BCUT2D eigenvalue weighted by molar-refractivity contribution is 0.341. The van der Waals surface area contributed by atoms with Crippen LogP contribution in [0.2, 0.25) is 0 Å². The predicted octanol–water partition coefficient (Wildman–Crippen LogP) is 2.71. The second-order valence-corrected chi connectivity index (χ2v) is 9.85. The largest absolute Gasteiger partial charge is 0.316 e. The number of hydrogen-bond acceptors (Lipinski definition) is 3. The van der Waals surface area contributed by atoms with E-state index < -0.39 is 10.0 Å². The minimum atomic E-state index is -3.19. The van der Waals surface area contributed by atoms with Crippen molar-refractivity contribution in [2.24, 2.45) is 17.8 Å². The lowest BCUT2D eigenvalue weighted by Gasteiger charge is -2.29. The van der Waals surface area contributed by atoms with E-state index >= 15 is 0 Å². The van der Waals surface area contributed by atoms with E-state index in [0.717, 1.165) is 25.9 Å². The van der Waals surface area contributed by atoms with Crippen LogP contribution in [0.15, 0.2) is 24.3 Å². The molecule has 5 heteroatoms. The van der Waals surface area contributed by atoms with Crippen molar-refractivity contribution in [2.75, 3.05) is 25.4 Å². The van der Waals surface area contributed by atoms with Gasteiger partial charge in [0.25, 0.3) is 0 Å². The molecule has 3 fully saturated rings. The molecular weight excluding hydrogens is 320 g/mol. The van der Waals surface area contributed by atoms with Crippen LogP contribution in [-0.4, -0.2) is 38.1 Å². The molecule has 1 aromatic rings. The summed E-state index contributed by atoms with van der Waals surface area (Å²) in [4.78, 5) is 0. The molecule has 4 nitrogen and oxygen atoms in total. The van der Waals surface area contributed by atoms with Crippen LogP contribution in [0.5, 0.6) is 0 Å². The third-order valence-electron chi connectivity index (χ3n) is 6.31. The summed E-state index contributed by atoms with van der Waals surface area (Å²) in [5.74, 6) is 1.57. The molecule has 0 radical (unpaired) electrons. The van der Waals surface area contributed by atoms with Gasteiger partial charge in [0.1, 0.15) is 0 Å². The van der Waals surface area contributed by atoms with Gasteiger partial charge < -0.3 is 5.32 Å². The van der Waals surface area contributed by atoms with E-state index in [0.29, 0.717) is 30.1 Å². The quantitative estimate of drug-likeness (QED) is 0.910. The van der Waals surface area contributed by atoms with Gasteiger partial charge in [0.2, 0.25) is 10.0 Å². The minimum Gasteiger partial charge on any atom is -0.316 e. The maximum absolute atomic E-state index is 13.2. The van der Waals surface area contributed by atoms with E-state index in [-0.39, 0.29) is 6.04 Å². The van der Waals surface area contributed by atoms with Crippen molar-refractivity contribution >= 4 is 10.0 Å². The highest BCUT2D eigenvalue weighted by molar-refractivity contribution is 7.89. The molecular formula is C19H28N2O2S. The van der Waals surface area contributed by atoms with E-state index in [4.69, 9.17) is 0 Å². The Morgan fingerprint density at radius 3 is 2.67 bits per heavy atom. The molecule has 24 heavy (non-hydrogen) atoms. The van der Waals surface area contributed by atoms with Gasteiger partial charge in [-0.05, 0) is 55.2 Å². The summed E-state index contributed by atoms with van der Waals surface area (Å²) in [6, 6.07) is 8.32. The summed E-state index contributed by atoms with van der Waals surface area (Å²) in [5.41, 5.74) is 2.40. The van der Waals surface area contributed by atoms with E-state index in [9.17, 15) is 8.42 Å². The predicted molar refractivity (Wildman–Crippen MR) is 96.2 cm³/mol. The van der Waals surface area contributed by atoms with Crippen molar-refractivity contribution in [1.82, 2.24) is 9.62 Å². The third-order valence-corrected chi connectivity index (χ3v) is 8.29. The normalized spacial score (nSPS) is 31.6. The summed E-state index contributed by atoms with van der Waals surface area (Å²) in [6.45, 7) is 4.67. The standard InChI is InChI=1S/C19H28N2O2S/c1-14-6-2-5-9-17(14)19-18-11-20-10-16(18)12-21(19)24(22,23)13-15-7-3-4-8-15/h2,5-6,9,15-16,18-20H,3-4,7-8,10-13H2,1H3/t16-,18-,19+/m0/s1. The van der Waals surface area contributed by atoms with Crippen LogP contribution in [0.1, 0.15) is 42.9 Å². The van der Waals surface area contributed by atoms with Gasteiger partial charge in [-0.15, -0.1) is 0 Å². The summed E-state index contributed by atoms with van der Waals surface area (Å²) in [7, 11) is -3.19. The molecule has 132 valence electrons. The molecule has 0 aromatic heterocycles. The first-order chi connectivity index (χ1) is 11.6. The minimum absolute atomic E-state index is 0.0117. The molecule has 0 amide bonds. The second kappa shape index (κ2) is 6.43. The van der Waals surface area contributed by atoms with Crippen molar-refractivity contribution < 1.29 is 8.42 Å². The Morgan fingerprint density at radius 2 is 1.92 bits per heavy atom. The van der Waals surface area contributed by atoms with Crippen LogP contribution >= 0.6 is 0 Å². The Morgan fingerprint density at radius 1 is 1.17 bits per heavy atom. The van der Waals surface area contributed by atoms with Crippen LogP contribution < -0.4 is 5.32 Å². The molecule has 1 saturated carbocycles. The van der Waals surface area contributed by atoms with Gasteiger partial charge in [0.05, 0.1) is 11.8 Å². The average molecular weight is 349 g/mol. The fourth-order valence-corrected chi connectivity index (χ4v) is 7.20. The molecule has 2 aliphatic heterocycles. The molecule has 1 N–H and O–H groups in total. The number of fused-ring (bicyclic) bond motifs is 1. The fourth-order valence-electron chi connectivity index (χ4n) is 5.04.